The number of carbonyl (C=O) groups excluding carboxylic acids is 2. The molecule has 0 bridgehead atoms. The smallest absolute Gasteiger partial charge is 0.417 e. The standard InChI is InChI=1S/C30H35F3N2O5/c1-5-11-22-24(15-14-21-23(30(31,32)33)18-25(37)40-26(21)22)39-17-10-9-16-35(19-36)28(38)34-27(29(2,3)4)20-12-7-6-8-13-20/h6-8,12-15,18-19,27H,5,9-11,16-17H2,1-4H3,(H,34,38). The number of urea groups is 1. The van der Waals surface area contributed by atoms with Crippen LogP contribution >= 0.6 is 0 Å². The molecule has 1 heterocycles. The van der Waals surface area contributed by atoms with Crippen LogP contribution in [0.25, 0.3) is 11.0 Å². The number of ether oxygens (including phenoxy) is 1. The summed E-state index contributed by atoms with van der Waals surface area (Å²) in [5.41, 5.74) is -1.23. The van der Waals surface area contributed by atoms with Gasteiger partial charge in [-0.15, -0.1) is 0 Å². The highest BCUT2D eigenvalue weighted by atomic mass is 19.4. The van der Waals surface area contributed by atoms with Gasteiger partial charge in [-0.25, -0.2) is 9.59 Å². The molecule has 3 amide bonds. The SMILES string of the molecule is CCCc1c(OCCCCN(C=O)C(=O)NC(c2ccccc2)C(C)(C)C)ccc2c(C(F)(F)F)cc(=O)oc12. The van der Waals surface area contributed by atoms with Gasteiger partial charge in [0, 0.05) is 23.6 Å². The average Bonchev–Trinajstić information content (AvgIpc) is 2.89. The first-order valence-electron chi connectivity index (χ1n) is 13.2. The summed E-state index contributed by atoms with van der Waals surface area (Å²) in [6.07, 6.45) is -2.35. The second-order valence-corrected chi connectivity index (χ2v) is 10.7. The maximum absolute atomic E-state index is 13.5. The van der Waals surface area contributed by atoms with Crippen molar-refractivity contribution in [2.24, 2.45) is 5.41 Å². The fourth-order valence-electron chi connectivity index (χ4n) is 4.54. The zero-order valence-corrected chi connectivity index (χ0v) is 23.1. The number of halogens is 3. The molecule has 0 aliphatic heterocycles. The Morgan fingerprint density at radius 2 is 1.80 bits per heavy atom. The number of benzene rings is 2. The van der Waals surface area contributed by atoms with Crippen LogP contribution in [0.3, 0.4) is 0 Å². The molecule has 2 aromatic carbocycles. The van der Waals surface area contributed by atoms with E-state index in [1.165, 1.54) is 12.1 Å². The van der Waals surface area contributed by atoms with E-state index in [1.807, 2.05) is 58.0 Å². The number of imide groups is 1. The maximum atomic E-state index is 13.5. The number of unbranched alkanes of at least 4 members (excludes halogenated alkanes) is 1. The first-order valence-corrected chi connectivity index (χ1v) is 13.2. The Bertz CT molecular complexity index is 1360. The van der Waals surface area contributed by atoms with Crippen LogP contribution in [0, 0.1) is 5.41 Å². The van der Waals surface area contributed by atoms with Crippen molar-refractivity contribution in [3.63, 3.8) is 0 Å². The number of amides is 3. The van der Waals surface area contributed by atoms with Gasteiger partial charge in [-0.2, -0.15) is 13.2 Å². The van der Waals surface area contributed by atoms with E-state index >= 15 is 0 Å². The Hall–Kier alpha value is -3.82. The normalized spacial score (nSPS) is 12.7. The van der Waals surface area contributed by atoms with E-state index in [2.05, 4.69) is 5.32 Å². The molecule has 3 aromatic rings. The molecule has 0 saturated heterocycles. The summed E-state index contributed by atoms with van der Waals surface area (Å²) in [5, 5.41) is 2.76. The molecule has 0 radical (unpaired) electrons. The van der Waals surface area contributed by atoms with Crippen LogP contribution in [0.5, 0.6) is 5.75 Å². The minimum Gasteiger partial charge on any atom is -0.493 e. The zero-order chi connectivity index (χ0) is 29.5. The molecule has 1 atom stereocenters. The second-order valence-electron chi connectivity index (χ2n) is 10.7. The lowest BCUT2D eigenvalue weighted by molar-refractivity contribution is -0.136. The monoisotopic (exact) mass is 560 g/mol. The van der Waals surface area contributed by atoms with Crippen LogP contribution in [0.4, 0.5) is 18.0 Å². The molecule has 1 N–H and O–H groups in total. The van der Waals surface area contributed by atoms with Crippen LogP contribution in [0.1, 0.15) is 69.7 Å². The Morgan fingerprint density at radius 3 is 2.40 bits per heavy atom. The molecule has 0 aliphatic carbocycles. The third-order valence-electron chi connectivity index (χ3n) is 6.48. The first-order chi connectivity index (χ1) is 18.9. The second kappa shape index (κ2) is 13.0. The van der Waals surface area contributed by atoms with Crippen molar-refractivity contribution in [3.05, 3.63) is 75.6 Å². The first kappa shape index (κ1) is 30.7. The molecule has 0 fully saturated rings. The number of rotatable bonds is 11. The van der Waals surface area contributed by atoms with Gasteiger partial charge in [-0.3, -0.25) is 9.69 Å². The lowest BCUT2D eigenvalue weighted by Gasteiger charge is -2.33. The molecule has 10 heteroatoms. The zero-order valence-electron chi connectivity index (χ0n) is 23.1. The summed E-state index contributed by atoms with van der Waals surface area (Å²) in [4.78, 5) is 37.5. The van der Waals surface area contributed by atoms with Crippen molar-refractivity contribution < 1.29 is 31.9 Å². The van der Waals surface area contributed by atoms with E-state index in [9.17, 15) is 27.6 Å². The van der Waals surface area contributed by atoms with E-state index in [0.29, 0.717) is 49.5 Å². The van der Waals surface area contributed by atoms with E-state index in [4.69, 9.17) is 9.15 Å². The topological polar surface area (TPSA) is 88.9 Å². The Balaban J connectivity index is 1.64. The summed E-state index contributed by atoms with van der Waals surface area (Å²) >= 11 is 0. The minimum atomic E-state index is -4.70. The number of carbonyl (C=O) groups is 2. The van der Waals surface area contributed by atoms with Gasteiger partial charge in [-0.1, -0.05) is 64.4 Å². The van der Waals surface area contributed by atoms with Gasteiger partial charge < -0.3 is 14.5 Å². The number of hydrogen-bond acceptors (Lipinski definition) is 5. The van der Waals surface area contributed by atoms with Crippen LogP contribution in [-0.4, -0.2) is 30.5 Å². The molecule has 7 nitrogen and oxygen atoms in total. The summed E-state index contributed by atoms with van der Waals surface area (Å²) in [7, 11) is 0. The molecule has 0 saturated carbocycles. The molecule has 3 rings (SSSR count). The van der Waals surface area contributed by atoms with E-state index in [1.54, 1.807) is 0 Å². The van der Waals surface area contributed by atoms with Gasteiger partial charge in [0.05, 0.1) is 18.2 Å². The summed E-state index contributed by atoms with van der Waals surface area (Å²) < 4.78 is 51.5. The Morgan fingerprint density at radius 1 is 1.10 bits per heavy atom. The Kier molecular flexibility index (Phi) is 10.0. The van der Waals surface area contributed by atoms with Gasteiger partial charge in [0.25, 0.3) is 0 Å². The lowest BCUT2D eigenvalue weighted by atomic mass is 9.82. The summed E-state index contributed by atoms with van der Waals surface area (Å²) in [6.45, 7) is 8.21. The minimum absolute atomic E-state index is 0.130. The highest BCUT2D eigenvalue weighted by Gasteiger charge is 2.34. The summed E-state index contributed by atoms with van der Waals surface area (Å²) in [5.74, 6) is 0.331. The number of nitrogens with zero attached hydrogens (tertiary/aromatic N) is 1. The van der Waals surface area contributed by atoms with Gasteiger partial charge in [-0.05, 0) is 42.4 Å². The quantitative estimate of drug-likeness (QED) is 0.157. The number of alkyl halides is 3. The predicted molar refractivity (Wildman–Crippen MR) is 146 cm³/mol. The van der Waals surface area contributed by atoms with E-state index in [-0.39, 0.29) is 35.6 Å². The van der Waals surface area contributed by atoms with Crippen LogP contribution in [0.15, 0.2) is 57.7 Å². The molecule has 1 unspecified atom stereocenters. The highest BCUT2D eigenvalue weighted by molar-refractivity contribution is 5.86. The third kappa shape index (κ3) is 7.64. The fourth-order valence-corrected chi connectivity index (χ4v) is 4.54. The van der Waals surface area contributed by atoms with E-state index in [0.717, 1.165) is 10.5 Å². The van der Waals surface area contributed by atoms with Crippen molar-refractivity contribution in [1.82, 2.24) is 10.2 Å². The lowest BCUT2D eigenvalue weighted by Crippen LogP contribution is -2.44. The van der Waals surface area contributed by atoms with Crippen molar-refractivity contribution in [2.45, 2.75) is 65.6 Å². The largest absolute Gasteiger partial charge is 0.493 e. The van der Waals surface area contributed by atoms with Crippen LogP contribution < -0.4 is 15.7 Å². The van der Waals surface area contributed by atoms with Gasteiger partial charge in [0.2, 0.25) is 6.41 Å². The molecule has 1 aromatic heterocycles. The van der Waals surface area contributed by atoms with E-state index < -0.39 is 23.4 Å². The fraction of sp³-hybridized carbons (Fsp3) is 0.433. The maximum Gasteiger partial charge on any atom is 0.417 e. The molecule has 40 heavy (non-hydrogen) atoms. The Labute approximate surface area is 231 Å². The van der Waals surface area contributed by atoms with Gasteiger partial charge in [0.1, 0.15) is 11.3 Å². The number of hydrogen-bond donors (Lipinski definition) is 1. The molecule has 0 aliphatic rings. The van der Waals surface area contributed by atoms with Crippen LogP contribution in [-0.2, 0) is 17.4 Å². The van der Waals surface area contributed by atoms with Crippen molar-refractivity contribution >= 4 is 23.4 Å². The molecular weight excluding hydrogens is 525 g/mol. The number of aryl methyl sites for hydroxylation is 1. The third-order valence-corrected chi connectivity index (χ3v) is 6.48. The average molecular weight is 561 g/mol. The van der Waals surface area contributed by atoms with Gasteiger partial charge in [0.15, 0.2) is 0 Å². The molecule has 216 valence electrons. The highest BCUT2D eigenvalue weighted by Crippen LogP contribution is 2.37. The van der Waals surface area contributed by atoms with Crippen molar-refractivity contribution in [1.29, 1.82) is 0 Å². The summed E-state index contributed by atoms with van der Waals surface area (Å²) in [6, 6.07) is 11.9. The van der Waals surface area contributed by atoms with Gasteiger partial charge >= 0.3 is 17.8 Å². The van der Waals surface area contributed by atoms with Crippen LogP contribution in [0.2, 0.25) is 0 Å². The predicted octanol–water partition coefficient (Wildman–Crippen LogP) is 6.88. The molecular formula is C30H35F3N2O5. The number of fused-ring (bicyclic) bond motifs is 1. The molecule has 0 spiro atoms. The van der Waals surface area contributed by atoms with Crippen molar-refractivity contribution in [3.8, 4) is 5.75 Å². The number of nitrogens with one attached hydrogen (secondary N) is 1. The van der Waals surface area contributed by atoms with Crippen molar-refractivity contribution in [2.75, 3.05) is 13.2 Å².